The molecule has 0 spiro atoms. The third-order valence-corrected chi connectivity index (χ3v) is 2.66. The Balaban J connectivity index is 3.86. The molecule has 0 saturated heterocycles. The fourth-order valence-electron chi connectivity index (χ4n) is 0.745. The Morgan fingerprint density at radius 1 is 1.54 bits per heavy atom. The minimum atomic E-state index is -1.24. The maximum absolute atomic E-state index is 11.1. The second kappa shape index (κ2) is 6.65. The quantitative estimate of drug-likeness (QED) is 0.496. The number of carboxylic acids is 1. The summed E-state index contributed by atoms with van der Waals surface area (Å²) in [5, 5.41) is 9.47. The van der Waals surface area contributed by atoms with Crippen LogP contribution in [0.3, 0.4) is 0 Å². The number of unbranched alkanes of at least 4 members (excludes halogenated alkanes) is 2. The molecule has 5 heteroatoms. The van der Waals surface area contributed by atoms with Crippen molar-refractivity contribution in [3.8, 4) is 0 Å². The van der Waals surface area contributed by atoms with E-state index in [1.807, 2.05) is 6.92 Å². The van der Waals surface area contributed by atoms with Crippen molar-refractivity contribution in [2.75, 3.05) is 5.75 Å². The minimum Gasteiger partial charge on any atom is -0.477 e. The second-order valence-electron chi connectivity index (χ2n) is 2.67. The highest BCUT2D eigenvalue weighted by Crippen LogP contribution is 1.98. The van der Waals surface area contributed by atoms with Crippen molar-refractivity contribution in [1.29, 1.82) is 0 Å². The van der Waals surface area contributed by atoms with Gasteiger partial charge in [-0.1, -0.05) is 19.8 Å². The highest BCUT2D eigenvalue weighted by atomic mass is 32.2. The Bertz CT molecular complexity index is 225. The van der Waals surface area contributed by atoms with Crippen LogP contribution in [0.15, 0.2) is 11.1 Å². The largest absolute Gasteiger partial charge is 0.477 e. The molecule has 0 saturated carbocycles. The predicted octanol–water partition coefficient (Wildman–Crippen LogP) is 0.810. The first-order valence-corrected chi connectivity index (χ1v) is 5.54. The zero-order valence-electron chi connectivity index (χ0n) is 7.66. The summed E-state index contributed by atoms with van der Waals surface area (Å²) in [6.45, 7) is 2.05. The minimum absolute atomic E-state index is 0.338. The van der Waals surface area contributed by atoms with Crippen LogP contribution in [0.25, 0.3) is 0 Å². The van der Waals surface area contributed by atoms with Crippen LogP contribution in [-0.4, -0.2) is 21.0 Å². The van der Waals surface area contributed by atoms with E-state index in [1.165, 1.54) is 0 Å². The Hall–Kier alpha value is -0.840. The first-order valence-electron chi connectivity index (χ1n) is 4.15. The molecule has 3 N–H and O–H groups in total. The molecule has 1 unspecified atom stereocenters. The molecule has 0 aliphatic rings. The van der Waals surface area contributed by atoms with Crippen LogP contribution in [0.5, 0.6) is 0 Å². The summed E-state index contributed by atoms with van der Waals surface area (Å²) in [7, 11) is -1.24. The predicted molar refractivity (Wildman–Crippen MR) is 52.4 cm³/mol. The molecule has 13 heavy (non-hydrogen) atoms. The maximum Gasteiger partial charge on any atom is 0.352 e. The van der Waals surface area contributed by atoms with E-state index in [0.29, 0.717) is 5.75 Å². The van der Waals surface area contributed by atoms with Crippen LogP contribution in [0.1, 0.15) is 26.2 Å². The topological polar surface area (TPSA) is 80.4 Å². The number of carbonyl (C=O) groups is 1. The molecule has 76 valence electrons. The van der Waals surface area contributed by atoms with Gasteiger partial charge in [0.1, 0.15) is 5.70 Å². The average Bonchev–Trinajstić information content (AvgIpc) is 2.04. The molecule has 0 aliphatic carbocycles. The summed E-state index contributed by atoms with van der Waals surface area (Å²) >= 11 is 0. The summed E-state index contributed by atoms with van der Waals surface area (Å²) in [6, 6.07) is 0. The number of hydrogen-bond donors (Lipinski definition) is 2. The molecule has 0 aromatic rings. The summed E-state index contributed by atoms with van der Waals surface area (Å²) in [6.07, 6.45) is 2.90. The van der Waals surface area contributed by atoms with Gasteiger partial charge < -0.3 is 10.8 Å². The summed E-state index contributed by atoms with van der Waals surface area (Å²) < 4.78 is 11.1. The van der Waals surface area contributed by atoms with Crippen LogP contribution in [-0.2, 0) is 15.6 Å². The number of hydrogen-bond acceptors (Lipinski definition) is 3. The molecule has 0 aromatic heterocycles. The van der Waals surface area contributed by atoms with Crippen LogP contribution < -0.4 is 5.73 Å². The lowest BCUT2D eigenvalue weighted by molar-refractivity contribution is -0.132. The molecule has 0 heterocycles. The van der Waals surface area contributed by atoms with E-state index in [0.717, 1.165) is 24.7 Å². The van der Waals surface area contributed by atoms with E-state index < -0.39 is 16.8 Å². The molecule has 0 rings (SSSR count). The number of rotatable bonds is 6. The molecule has 0 bridgehead atoms. The Morgan fingerprint density at radius 2 is 2.15 bits per heavy atom. The van der Waals surface area contributed by atoms with E-state index in [1.54, 1.807) is 0 Å². The van der Waals surface area contributed by atoms with Crippen LogP contribution >= 0.6 is 0 Å². The first-order chi connectivity index (χ1) is 6.07. The molecule has 0 fully saturated rings. The van der Waals surface area contributed by atoms with Crippen molar-refractivity contribution < 1.29 is 14.1 Å². The van der Waals surface area contributed by atoms with Crippen molar-refractivity contribution >= 4 is 16.8 Å². The van der Waals surface area contributed by atoms with E-state index in [-0.39, 0.29) is 5.70 Å². The molecule has 1 atom stereocenters. The van der Waals surface area contributed by atoms with Gasteiger partial charge in [-0.25, -0.2) is 4.79 Å². The fraction of sp³-hybridized carbons (Fsp3) is 0.625. The number of nitrogens with two attached hydrogens (primary N) is 1. The van der Waals surface area contributed by atoms with E-state index >= 15 is 0 Å². The standard InChI is InChI=1S/C8H15NO3S/c1-2-3-4-5-13(12)6-7(9)8(10)11/h6H,2-5,9H2,1H3,(H,10,11). The molecule has 4 nitrogen and oxygen atoms in total. The molecule has 0 aliphatic heterocycles. The average molecular weight is 205 g/mol. The third-order valence-electron chi connectivity index (χ3n) is 1.45. The van der Waals surface area contributed by atoms with Gasteiger partial charge in [0.05, 0.1) is 0 Å². The van der Waals surface area contributed by atoms with Gasteiger partial charge in [0.2, 0.25) is 0 Å². The Kier molecular flexibility index (Phi) is 6.22. The van der Waals surface area contributed by atoms with E-state index in [4.69, 9.17) is 10.8 Å². The number of aliphatic carboxylic acids is 1. The second-order valence-corrected chi connectivity index (χ2v) is 4.08. The van der Waals surface area contributed by atoms with Gasteiger partial charge in [0, 0.05) is 22.0 Å². The normalized spacial score (nSPS) is 14.1. The van der Waals surface area contributed by atoms with Crippen molar-refractivity contribution in [3.63, 3.8) is 0 Å². The molecular formula is C8H15NO3S. The lowest BCUT2D eigenvalue weighted by Crippen LogP contribution is -2.11. The van der Waals surface area contributed by atoms with Gasteiger partial charge in [-0.05, 0) is 6.42 Å². The van der Waals surface area contributed by atoms with Gasteiger partial charge in [0.25, 0.3) is 0 Å². The fourth-order valence-corrected chi connectivity index (χ4v) is 1.74. The Labute approximate surface area is 80.3 Å². The smallest absolute Gasteiger partial charge is 0.352 e. The highest BCUT2D eigenvalue weighted by molar-refractivity contribution is 7.88. The lowest BCUT2D eigenvalue weighted by Gasteiger charge is -1.96. The zero-order chi connectivity index (χ0) is 10.3. The van der Waals surface area contributed by atoms with Gasteiger partial charge in [-0.3, -0.25) is 4.21 Å². The summed E-state index contributed by atoms with van der Waals surface area (Å²) in [5.41, 5.74) is 4.75. The van der Waals surface area contributed by atoms with Crippen LogP contribution in [0, 0.1) is 0 Å². The van der Waals surface area contributed by atoms with Gasteiger partial charge in [-0.2, -0.15) is 0 Å². The van der Waals surface area contributed by atoms with Crippen LogP contribution in [0.4, 0.5) is 0 Å². The van der Waals surface area contributed by atoms with Crippen molar-refractivity contribution in [2.45, 2.75) is 26.2 Å². The third kappa shape index (κ3) is 6.33. The Morgan fingerprint density at radius 3 is 2.62 bits per heavy atom. The molecule has 0 radical (unpaired) electrons. The molecular weight excluding hydrogens is 190 g/mol. The summed E-state index contributed by atoms with van der Waals surface area (Å²) in [4.78, 5) is 10.2. The zero-order valence-corrected chi connectivity index (χ0v) is 8.47. The monoisotopic (exact) mass is 205 g/mol. The van der Waals surface area contributed by atoms with Crippen LogP contribution in [0.2, 0.25) is 0 Å². The number of carboxylic acid groups (broad SMARTS) is 1. The van der Waals surface area contributed by atoms with Crippen molar-refractivity contribution in [2.24, 2.45) is 5.73 Å². The lowest BCUT2D eigenvalue weighted by atomic mass is 10.3. The van der Waals surface area contributed by atoms with E-state index in [9.17, 15) is 9.00 Å². The molecule has 0 amide bonds. The van der Waals surface area contributed by atoms with Gasteiger partial charge in [0.15, 0.2) is 0 Å². The summed E-state index contributed by atoms with van der Waals surface area (Å²) in [5.74, 6) is -0.731. The SMILES string of the molecule is CCCCCS(=O)C=C(N)C(=O)O. The molecule has 0 aromatic carbocycles. The van der Waals surface area contributed by atoms with Crippen molar-refractivity contribution in [1.82, 2.24) is 0 Å². The van der Waals surface area contributed by atoms with E-state index in [2.05, 4.69) is 0 Å². The van der Waals surface area contributed by atoms with Gasteiger partial charge in [-0.15, -0.1) is 0 Å². The highest BCUT2D eigenvalue weighted by Gasteiger charge is 2.03. The first kappa shape index (κ1) is 12.2. The van der Waals surface area contributed by atoms with Gasteiger partial charge >= 0.3 is 5.97 Å². The maximum atomic E-state index is 11.1. The van der Waals surface area contributed by atoms with Crippen molar-refractivity contribution in [3.05, 3.63) is 11.1 Å².